The molecule has 2 aliphatic heterocycles. The van der Waals surface area contributed by atoms with Crippen molar-refractivity contribution in [3.63, 3.8) is 0 Å². The molecule has 0 spiro atoms. The van der Waals surface area contributed by atoms with Gasteiger partial charge in [-0.25, -0.2) is 0 Å². The molecular weight excluding hydrogens is 294 g/mol. The number of likely N-dealkylation sites (tertiary alicyclic amines) is 1. The lowest BCUT2D eigenvalue weighted by molar-refractivity contribution is -0.120. The molecular formula is C17H25N3OS. The molecule has 2 aliphatic rings. The van der Waals surface area contributed by atoms with Crippen LogP contribution in [0.15, 0.2) is 29.2 Å². The van der Waals surface area contributed by atoms with Crippen molar-refractivity contribution in [3.05, 3.63) is 24.3 Å². The van der Waals surface area contributed by atoms with Gasteiger partial charge < -0.3 is 10.2 Å². The standard InChI is InChI=1S/C17H25N3OS/c1-18-12-14-6-8-19(9-7-14)13-17(21)20-10-11-22-16-5-3-2-4-15(16)20/h2-5,14,18H,6-13H2,1H3. The normalized spacial score (nSPS) is 20.0. The average molecular weight is 319 g/mol. The van der Waals surface area contributed by atoms with E-state index in [1.807, 2.05) is 35.8 Å². The lowest BCUT2D eigenvalue weighted by atomic mass is 9.97. The summed E-state index contributed by atoms with van der Waals surface area (Å²) in [5.41, 5.74) is 1.09. The molecule has 0 saturated carbocycles. The number of carbonyl (C=O) groups is 1. The first-order chi connectivity index (χ1) is 10.8. The van der Waals surface area contributed by atoms with E-state index in [4.69, 9.17) is 0 Å². The molecule has 1 saturated heterocycles. The van der Waals surface area contributed by atoms with Crippen molar-refractivity contribution in [2.24, 2.45) is 5.92 Å². The molecule has 1 amide bonds. The maximum atomic E-state index is 12.7. The van der Waals surface area contributed by atoms with Crippen molar-refractivity contribution in [3.8, 4) is 0 Å². The first-order valence-electron chi connectivity index (χ1n) is 8.17. The van der Waals surface area contributed by atoms with E-state index in [2.05, 4.69) is 22.3 Å². The second-order valence-corrected chi connectivity index (χ2v) is 7.28. The van der Waals surface area contributed by atoms with E-state index in [9.17, 15) is 4.79 Å². The lowest BCUT2D eigenvalue weighted by Crippen LogP contribution is -2.45. The van der Waals surface area contributed by atoms with Gasteiger partial charge in [0.25, 0.3) is 0 Å². The molecule has 1 aromatic rings. The van der Waals surface area contributed by atoms with Gasteiger partial charge in [-0.3, -0.25) is 9.69 Å². The molecule has 120 valence electrons. The lowest BCUT2D eigenvalue weighted by Gasteiger charge is -2.34. The molecule has 1 aromatic carbocycles. The van der Waals surface area contributed by atoms with Crippen LogP contribution < -0.4 is 10.2 Å². The van der Waals surface area contributed by atoms with Crippen LogP contribution in [0.2, 0.25) is 0 Å². The third-order valence-electron chi connectivity index (χ3n) is 4.59. The summed E-state index contributed by atoms with van der Waals surface area (Å²) in [6.45, 7) is 4.57. The average Bonchev–Trinajstić information content (AvgIpc) is 2.56. The number of anilines is 1. The van der Waals surface area contributed by atoms with Gasteiger partial charge in [0.2, 0.25) is 5.91 Å². The van der Waals surface area contributed by atoms with Gasteiger partial charge in [0, 0.05) is 17.2 Å². The molecule has 0 unspecified atom stereocenters. The zero-order valence-corrected chi connectivity index (χ0v) is 14.1. The van der Waals surface area contributed by atoms with Crippen LogP contribution >= 0.6 is 11.8 Å². The Morgan fingerprint density at radius 3 is 2.82 bits per heavy atom. The highest BCUT2D eigenvalue weighted by Crippen LogP contribution is 2.34. The second-order valence-electron chi connectivity index (χ2n) is 6.14. The maximum absolute atomic E-state index is 12.7. The zero-order valence-electron chi connectivity index (χ0n) is 13.3. The Morgan fingerprint density at radius 1 is 1.27 bits per heavy atom. The molecule has 2 heterocycles. The summed E-state index contributed by atoms with van der Waals surface area (Å²) in [5.74, 6) is 2.01. The summed E-state index contributed by atoms with van der Waals surface area (Å²) in [5, 5.41) is 3.26. The SMILES string of the molecule is CNCC1CCN(CC(=O)N2CCSc3ccccc32)CC1. The number of piperidine rings is 1. The Labute approximate surface area is 137 Å². The fourth-order valence-corrected chi connectivity index (χ4v) is 4.34. The van der Waals surface area contributed by atoms with Crippen LogP contribution in [0.1, 0.15) is 12.8 Å². The summed E-state index contributed by atoms with van der Waals surface area (Å²) >= 11 is 1.85. The van der Waals surface area contributed by atoms with E-state index in [-0.39, 0.29) is 5.91 Å². The summed E-state index contributed by atoms with van der Waals surface area (Å²) in [7, 11) is 2.02. The van der Waals surface area contributed by atoms with Gasteiger partial charge in [0.05, 0.1) is 12.2 Å². The van der Waals surface area contributed by atoms with Crippen LogP contribution in [0.3, 0.4) is 0 Å². The van der Waals surface area contributed by atoms with Crippen molar-refractivity contribution < 1.29 is 4.79 Å². The van der Waals surface area contributed by atoms with E-state index in [1.165, 1.54) is 17.7 Å². The third-order valence-corrected chi connectivity index (χ3v) is 5.63. The van der Waals surface area contributed by atoms with Gasteiger partial charge in [-0.1, -0.05) is 12.1 Å². The summed E-state index contributed by atoms with van der Waals surface area (Å²) < 4.78 is 0. The molecule has 0 bridgehead atoms. The fraction of sp³-hybridized carbons (Fsp3) is 0.588. The van der Waals surface area contributed by atoms with E-state index in [1.54, 1.807) is 0 Å². The van der Waals surface area contributed by atoms with Crippen LogP contribution in [0, 0.1) is 5.92 Å². The Kier molecular flexibility index (Phi) is 5.39. The van der Waals surface area contributed by atoms with Crippen molar-refractivity contribution in [1.82, 2.24) is 10.2 Å². The molecule has 1 N–H and O–H groups in total. The van der Waals surface area contributed by atoms with Gasteiger partial charge >= 0.3 is 0 Å². The number of hydrogen-bond acceptors (Lipinski definition) is 4. The molecule has 0 atom stereocenters. The Balaban J connectivity index is 1.57. The van der Waals surface area contributed by atoms with Crippen molar-refractivity contribution in [2.45, 2.75) is 17.7 Å². The van der Waals surface area contributed by atoms with Crippen molar-refractivity contribution in [2.75, 3.05) is 50.4 Å². The minimum Gasteiger partial charge on any atom is -0.319 e. The highest BCUT2D eigenvalue weighted by Gasteiger charge is 2.26. The molecule has 4 nitrogen and oxygen atoms in total. The van der Waals surface area contributed by atoms with Crippen LogP contribution in [-0.2, 0) is 4.79 Å². The fourth-order valence-electron chi connectivity index (χ4n) is 3.34. The first-order valence-corrected chi connectivity index (χ1v) is 9.15. The highest BCUT2D eigenvalue weighted by molar-refractivity contribution is 7.99. The Hall–Kier alpha value is -1.04. The minimum absolute atomic E-state index is 0.250. The van der Waals surface area contributed by atoms with Gasteiger partial charge in [-0.2, -0.15) is 0 Å². The Bertz CT molecular complexity index is 514. The Morgan fingerprint density at radius 2 is 2.05 bits per heavy atom. The monoisotopic (exact) mass is 319 g/mol. The molecule has 5 heteroatoms. The van der Waals surface area contributed by atoms with Gasteiger partial charge in [-0.05, 0) is 57.6 Å². The summed E-state index contributed by atoms with van der Waals surface area (Å²) in [6.07, 6.45) is 2.39. The second kappa shape index (κ2) is 7.49. The minimum atomic E-state index is 0.250. The number of carbonyl (C=O) groups excluding carboxylic acids is 1. The van der Waals surface area contributed by atoms with Gasteiger partial charge in [-0.15, -0.1) is 11.8 Å². The molecule has 0 radical (unpaired) electrons. The van der Waals surface area contributed by atoms with Crippen LogP contribution in [0.25, 0.3) is 0 Å². The van der Waals surface area contributed by atoms with Gasteiger partial charge in [0.1, 0.15) is 0 Å². The predicted octanol–water partition coefficient (Wildman–Crippen LogP) is 2.06. The zero-order chi connectivity index (χ0) is 15.4. The number of fused-ring (bicyclic) bond motifs is 1. The van der Waals surface area contributed by atoms with E-state index in [0.29, 0.717) is 6.54 Å². The number of thioether (sulfide) groups is 1. The number of para-hydroxylation sites is 1. The summed E-state index contributed by atoms with van der Waals surface area (Å²) in [4.78, 5) is 18.2. The van der Waals surface area contributed by atoms with Crippen LogP contribution in [0.5, 0.6) is 0 Å². The number of nitrogens with zero attached hydrogens (tertiary/aromatic N) is 2. The molecule has 22 heavy (non-hydrogen) atoms. The van der Waals surface area contributed by atoms with Crippen LogP contribution in [0.4, 0.5) is 5.69 Å². The number of rotatable bonds is 4. The smallest absolute Gasteiger partial charge is 0.241 e. The highest BCUT2D eigenvalue weighted by atomic mass is 32.2. The topological polar surface area (TPSA) is 35.6 Å². The van der Waals surface area contributed by atoms with E-state index < -0.39 is 0 Å². The first kappa shape index (κ1) is 15.8. The largest absolute Gasteiger partial charge is 0.319 e. The van der Waals surface area contributed by atoms with E-state index in [0.717, 1.165) is 43.5 Å². The van der Waals surface area contributed by atoms with Crippen LogP contribution in [-0.4, -0.2) is 56.3 Å². The maximum Gasteiger partial charge on any atom is 0.241 e. The van der Waals surface area contributed by atoms with Gasteiger partial charge in [0.15, 0.2) is 0 Å². The molecule has 1 fully saturated rings. The number of hydrogen-bond donors (Lipinski definition) is 1. The van der Waals surface area contributed by atoms with Crippen molar-refractivity contribution >= 4 is 23.4 Å². The number of nitrogens with one attached hydrogen (secondary N) is 1. The predicted molar refractivity (Wildman–Crippen MR) is 92.6 cm³/mol. The van der Waals surface area contributed by atoms with Crippen molar-refractivity contribution in [1.29, 1.82) is 0 Å². The van der Waals surface area contributed by atoms with E-state index >= 15 is 0 Å². The number of benzene rings is 1. The quantitative estimate of drug-likeness (QED) is 0.921. The third kappa shape index (κ3) is 3.65. The molecule has 0 aliphatic carbocycles. The number of amides is 1. The molecule has 3 rings (SSSR count). The molecule has 0 aromatic heterocycles. The summed E-state index contributed by atoms with van der Waals surface area (Å²) in [6, 6.07) is 8.25.